The van der Waals surface area contributed by atoms with E-state index in [9.17, 15) is 22.0 Å². The van der Waals surface area contributed by atoms with E-state index < -0.39 is 21.7 Å². The molecule has 2 aromatic carbocycles. The first kappa shape index (κ1) is 21.7. The summed E-state index contributed by atoms with van der Waals surface area (Å²) >= 11 is 0. The van der Waals surface area contributed by atoms with Crippen LogP contribution in [0.25, 0.3) is 0 Å². The summed E-state index contributed by atoms with van der Waals surface area (Å²) in [6.45, 7) is 4.28. The van der Waals surface area contributed by atoms with Crippen LogP contribution in [-0.2, 0) is 21.2 Å². The van der Waals surface area contributed by atoms with Crippen LogP contribution in [0.4, 0.5) is 20.2 Å². The molecule has 1 amide bonds. The Kier molecular flexibility index (Phi) is 5.98. The number of hydrogen-bond acceptors (Lipinski definition) is 4. The quantitative estimate of drug-likeness (QED) is 0.760. The number of anilines is 2. The van der Waals surface area contributed by atoms with Gasteiger partial charge in [-0.05, 0) is 62.1 Å². The molecule has 6 nitrogen and oxygen atoms in total. The minimum Gasteiger partial charge on any atom is -0.371 e. The van der Waals surface area contributed by atoms with Crippen molar-refractivity contribution in [2.45, 2.75) is 31.1 Å². The molecule has 0 radical (unpaired) electrons. The number of likely N-dealkylation sites (N-methyl/N-ethyl adjacent to an activating group) is 1. The Hall–Kier alpha value is -2.52. The van der Waals surface area contributed by atoms with E-state index in [2.05, 4.69) is 17.1 Å². The number of piperidine rings is 1. The van der Waals surface area contributed by atoms with Crippen LogP contribution < -0.4 is 10.2 Å². The van der Waals surface area contributed by atoms with E-state index in [4.69, 9.17) is 0 Å². The highest BCUT2D eigenvalue weighted by Crippen LogP contribution is 2.31. The molecular weight excluding hydrogens is 424 g/mol. The summed E-state index contributed by atoms with van der Waals surface area (Å²) in [4.78, 5) is 14.7. The number of carbonyl (C=O) groups is 1. The molecule has 1 fully saturated rings. The van der Waals surface area contributed by atoms with Crippen molar-refractivity contribution in [1.29, 1.82) is 0 Å². The summed E-state index contributed by atoms with van der Waals surface area (Å²) in [5.41, 5.74) is 3.16. The Balaban J connectivity index is 1.38. The third kappa shape index (κ3) is 4.29. The Bertz CT molecular complexity index is 1100. The Morgan fingerprint density at radius 2 is 1.81 bits per heavy atom. The summed E-state index contributed by atoms with van der Waals surface area (Å²) in [6, 6.07) is 8.48. The molecule has 4 rings (SSSR count). The number of halogens is 2. The fourth-order valence-corrected chi connectivity index (χ4v) is 5.72. The number of rotatable bonds is 5. The summed E-state index contributed by atoms with van der Waals surface area (Å²) in [5, 5.41) is 2.96. The number of nitrogens with zero attached hydrogens (tertiary/aromatic N) is 2. The normalized spacial score (nSPS) is 17.6. The molecular formula is C22H25F2N3O3S. The number of amides is 1. The largest absolute Gasteiger partial charge is 0.371 e. The van der Waals surface area contributed by atoms with Gasteiger partial charge in [-0.25, -0.2) is 17.2 Å². The lowest BCUT2D eigenvalue weighted by molar-refractivity contribution is -0.120. The summed E-state index contributed by atoms with van der Waals surface area (Å²) in [7, 11) is -3.94. The van der Waals surface area contributed by atoms with Crippen LogP contribution in [-0.4, -0.2) is 44.8 Å². The highest BCUT2D eigenvalue weighted by molar-refractivity contribution is 7.89. The molecule has 9 heteroatoms. The lowest BCUT2D eigenvalue weighted by atomic mass is 9.97. The average Bonchev–Trinajstić information content (AvgIpc) is 3.18. The van der Waals surface area contributed by atoms with Crippen LogP contribution >= 0.6 is 0 Å². The van der Waals surface area contributed by atoms with Gasteiger partial charge in [-0.1, -0.05) is 6.07 Å². The van der Waals surface area contributed by atoms with Crippen molar-refractivity contribution < 1.29 is 22.0 Å². The van der Waals surface area contributed by atoms with E-state index in [-0.39, 0.29) is 29.8 Å². The molecule has 2 aliphatic rings. The van der Waals surface area contributed by atoms with Gasteiger partial charge in [-0.15, -0.1) is 0 Å². The number of benzene rings is 2. The number of sulfonamides is 1. The Morgan fingerprint density at radius 3 is 2.48 bits per heavy atom. The predicted octanol–water partition coefficient (Wildman–Crippen LogP) is 3.39. The first-order valence-electron chi connectivity index (χ1n) is 10.4. The zero-order valence-electron chi connectivity index (χ0n) is 17.3. The van der Waals surface area contributed by atoms with E-state index in [1.165, 1.54) is 9.87 Å². The van der Waals surface area contributed by atoms with Gasteiger partial charge in [0.05, 0.1) is 4.90 Å². The van der Waals surface area contributed by atoms with Gasteiger partial charge in [0.15, 0.2) is 11.6 Å². The third-order valence-corrected chi connectivity index (χ3v) is 7.97. The lowest BCUT2D eigenvalue weighted by Gasteiger charge is -2.30. The standard InChI is InChI=1S/C22H25F2N3O3S/c1-2-26-10-7-15-3-4-17(13-21(15)26)25-22(28)16-8-11-27(12-9-16)31(29,30)18-5-6-19(23)20(24)14-18/h3-6,13-14,16H,2,7-12H2,1H3,(H,25,28). The molecule has 2 heterocycles. The van der Waals surface area contributed by atoms with Crippen molar-refractivity contribution in [1.82, 2.24) is 4.31 Å². The second-order valence-corrected chi connectivity index (χ2v) is 9.85. The number of carbonyl (C=O) groups excluding carboxylic acids is 1. The van der Waals surface area contributed by atoms with Gasteiger partial charge in [0.2, 0.25) is 15.9 Å². The second kappa shape index (κ2) is 8.55. The van der Waals surface area contributed by atoms with E-state index >= 15 is 0 Å². The lowest BCUT2D eigenvalue weighted by Crippen LogP contribution is -2.41. The second-order valence-electron chi connectivity index (χ2n) is 7.92. The third-order valence-electron chi connectivity index (χ3n) is 6.08. The van der Waals surface area contributed by atoms with Crippen molar-refractivity contribution >= 4 is 27.3 Å². The maximum absolute atomic E-state index is 13.5. The van der Waals surface area contributed by atoms with E-state index in [0.29, 0.717) is 18.9 Å². The molecule has 0 spiro atoms. The van der Waals surface area contributed by atoms with Gasteiger partial charge < -0.3 is 10.2 Å². The number of fused-ring (bicyclic) bond motifs is 1. The fraction of sp³-hybridized carbons (Fsp3) is 0.409. The number of nitrogens with one attached hydrogen (secondary N) is 1. The molecule has 1 N–H and O–H groups in total. The Labute approximate surface area is 180 Å². The molecule has 1 saturated heterocycles. The molecule has 0 bridgehead atoms. The fourth-order valence-electron chi connectivity index (χ4n) is 4.24. The zero-order valence-corrected chi connectivity index (χ0v) is 18.1. The molecule has 0 atom stereocenters. The highest BCUT2D eigenvalue weighted by Gasteiger charge is 2.32. The van der Waals surface area contributed by atoms with Gasteiger partial charge in [0.1, 0.15) is 0 Å². The zero-order chi connectivity index (χ0) is 22.2. The minimum atomic E-state index is -3.94. The molecule has 0 unspecified atom stereocenters. The van der Waals surface area contributed by atoms with Crippen molar-refractivity contribution in [3.05, 3.63) is 53.6 Å². The maximum Gasteiger partial charge on any atom is 0.243 e. The minimum absolute atomic E-state index is 0.133. The highest BCUT2D eigenvalue weighted by atomic mass is 32.2. The average molecular weight is 450 g/mol. The van der Waals surface area contributed by atoms with E-state index in [0.717, 1.165) is 43.0 Å². The molecule has 2 aromatic rings. The van der Waals surface area contributed by atoms with Crippen molar-refractivity contribution in [2.24, 2.45) is 5.92 Å². The summed E-state index contributed by atoms with van der Waals surface area (Å²) in [5.74, 6) is -2.74. The van der Waals surface area contributed by atoms with Gasteiger partial charge in [0.25, 0.3) is 0 Å². The molecule has 0 aliphatic carbocycles. The topological polar surface area (TPSA) is 69.7 Å². The summed E-state index contributed by atoms with van der Waals surface area (Å²) in [6.07, 6.45) is 1.73. The first-order chi connectivity index (χ1) is 14.8. The van der Waals surface area contributed by atoms with Gasteiger partial charge >= 0.3 is 0 Å². The molecule has 2 aliphatic heterocycles. The van der Waals surface area contributed by atoms with E-state index in [1.54, 1.807) is 0 Å². The molecule has 0 saturated carbocycles. The number of hydrogen-bond donors (Lipinski definition) is 1. The molecule has 0 aromatic heterocycles. The molecule has 166 valence electrons. The smallest absolute Gasteiger partial charge is 0.243 e. The van der Waals surface area contributed by atoms with Crippen LogP contribution in [0.2, 0.25) is 0 Å². The van der Waals surface area contributed by atoms with Gasteiger partial charge in [0, 0.05) is 43.5 Å². The predicted molar refractivity (Wildman–Crippen MR) is 115 cm³/mol. The van der Waals surface area contributed by atoms with Crippen LogP contribution in [0.15, 0.2) is 41.3 Å². The van der Waals surface area contributed by atoms with E-state index in [1.807, 2.05) is 18.2 Å². The van der Waals surface area contributed by atoms with Crippen LogP contribution in [0.1, 0.15) is 25.3 Å². The first-order valence-corrected chi connectivity index (χ1v) is 11.9. The monoisotopic (exact) mass is 449 g/mol. The van der Waals surface area contributed by atoms with Crippen molar-refractivity contribution in [3.63, 3.8) is 0 Å². The van der Waals surface area contributed by atoms with Gasteiger partial charge in [-0.2, -0.15) is 4.31 Å². The van der Waals surface area contributed by atoms with Crippen LogP contribution in [0.3, 0.4) is 0 Å². The summed E-state index contributed by atoms with van der Waals surface area (Å²) < 4.78 is 53.3. The van der Waals surface area contributed by atoms with Crippen molar-refractivity contribution in [3.8, 4) is 0 Å². The van der Waals surface area contributed by atoms with Crippen LogP contribution in [0.5, 0.6) is 0 Å². The SMILES string of the molecule is CCN1CCc2ccc(NC(=O)C3CCN(S(=O)(=O)c4ccc(F)c(F)c4)CC3)cc21. The van der Waals surface area contributed by atoms with Crippen LogP contribution in [0, 0.1) is 17.6 Å². The maximum atomic E-state index is 13.5. The Morgan fingerprint density at radius 1 is 1.06 bits per heavy atom. The van der Waals surface area contributed by atoms with Crippen molar-refractivity contribution in [2.75, 3.05) is 36.4 Å². The van der Waals surface area contributed by atoms with Gasteiger partial charge in [-0.3, -0.25) is 4.79 Å². The molecule has 31 heavy (non-hydrogen) atoms.